The summed E-state index contributed by atoms with van der Waals surface area (Å²) in [6, 6.07) is 3.18. The first kappa shape index (κ1) is 11.6. The second-order valence-corrected chi connectivity index (χ2v) is 3.86. The third kappa shape index (κ3) is 2.30. The van der Waals surface area contributed by atoms with Crippen molar-refractivity contribution in [1.82, 2.24) is 4.98 Å². The smallest absolute Gasteiger partial charge is 0.356 e. The topological polar surface area (TPSA) is 62.7 Å². The molecule has 1 aromatic heterocycles. The second-order valence-electron chi connectivity index (χ2n) is 3.86. The molecule has 0 amide bonds. The van der Waals surface area contributed by atoms with Crippen molar-refractivity contribution in [2.24, 2.45) is 0 Å². The summed E-state index contributed by atoms with van der Waals surface area (Å²) in [5.74, 6) is -0.900. The molecular formula is C11H13FN2O3. The monoisotopic (exact) mass is 240 g/mol. The Morgan fingerprint density at radius 2 is 2.41 bits per heavy atom. The number of rotatable bonds is 3. The summed E-state index contributed by atoms with van der Waals surface area (Å²) in [6.45, 7) is 0.726. The number of alkyl halides is 1. The highest BCUT2D eigenvalue weighted by Crippen LogP contribution is 2.26. The molecule has 2 rings (SSSR count). The quantitative estimate of drug-likeness (QED) is 0.863. The number of methoxy groups -OCH3 is 1. The van der Waals surface area contributed by atoms with Crippen molar-refractivity contribution in [3.05, 3.63) is 17.8 Å². The standard InChI is InChI=1S/C11H13FN2O3/c1-17-9-3-2-8(10(13-9)11(15)16)14-5-4-7(12)6-14/h2-3,7H,4-6H2,1H3,(H,15,16)/t7-/m0/s1. The van der Waals surface area contributed by atoms with Crippen LogP contribution in [0.15, 0.2) is 12.1 Å². The fourth-order valence-corrected chi connectivity index (χ4v) is 1.90. The lowest BCUT2D eigenvalue weighted by atomic mass is 10.2. The normalized spacial score (nSPS) is 19.4. The lowest BCUT2D eigenvalue weighted by molar-refractivity contribution is 0.0690. The minimum absolute atomic E-state index is 0.0987. The van der Waals surface area contributed by atoms with E-state index in [1.807, 2.05) is 0 Å². The minimum Gasteiger partial charge on any atom is -0.481 e. The van der Waals surface area contributed by atoms with E-state index in [1.165, 1.54) is 7.11 Å². The molecule has 6 heteroatoms. The van der Waals surface area contributed by atoms with Gasteiger partial charge in [0.15, 0.2) is 5.69 Å². The number of hydrogen-bond donors (Lipinski definition) is 1. The van der Waals surface area contributed by atoms with Gasteiger partial charge in [-0.1, -0.05) is 0 Å². The van der Waals surface area contributed by atoms with Crippen molar-refractivity contribution in [2.45, 2.75) is 12.6 Å². The molecule has 0 saturated carbocycles. The molecule has 0 bridgehead atoms. The number of halogens is 1. The summed E-state index contributed by atoms with van der Waals surface area (Å²) in [5, 5.41) is 9.07. The second kappa shape index (κ2) is 4.57. The van der Waals surface area contributed by atoms with Gasteiger partial charge in [0.2, 0.25) is 5.88 Å². The number of carbonyl (C=O) groups is 1. The number of hydrogen-bond acceptors (Lipinski definition) is 4. The van der Waals surface area contributed by atoms with Gasteiger partial charge in [-0.3, -0.25) is 0 Å². The SMILES string of the molecule is COc1ccc(N2CC[C@H](F)C2)c(C(=O)O)n1. The van der Waals surface area contributed by atoms with Gasteiger partial charge < -0.3 is 14.7 Å². The number of aromatic carboxylic acids is 1. The predicted molar refractivity (Wildman–Crippen MR) is 59.5 cm³/mol. The van der Waals surface area contributed by atoms with E-state index >= 15 is 0 Å². The van der Waals surface area contributed by atoms with E-state index in [1.54, 1.807) is 17.0 Å². The molecule has 1 aromatic rings. The van der Waals surface area contributed by atoms with Crippen LogP contribution in [0.3, 0.4) is 0 Å². The van der Waals surface area contributed by atoms with Crippen LogP contribution in [0.2, 0.25) is 0 Å². The fourth-order valence-electron chi connectivity index (χ4n) is 1.90. The Morgan fingerprint density at radius 1 is 1.65 bits per heavy atom. The summed E-state index contributed by atoms with van der Waals surface area (Å²) in [4.78, 5) is 16.7. The average Bonchev–Trinajstić information content (AvgIpc) is 2.75. The molecule has 5 nitrogen and oxygen atoms in total. The van der Waals surface area contributed by atoms with Crippen LogP contribution in [-0.2, 0) is 0 Å². The number of pyridine rings is 1. The summed E-state index contributed by atoms with van der Waals surface area (Å²) in [7, 11) is 1.42. The molecule has 1 aliphatic rings. The summed E-state index contributed by atoms with van der Waals surface area (Å²) < 4.78 is 18.0. The molecule has 1 aliphatic heterocycles. The number of nitrogens with zero attached hydrogens (tertiary/aromatic N) is 2. The Kier molecular flexibility index (Phi) is 3.12. The Bertz CT molecular complexity index is 439. The van der Waals surface area contributed by atoms with Crippen LogP contribution in [0.25, 0.3) is 0 Å². The molecule has 1 atom stereocenters. The zero-order chi connectivity index (χ0) is 12.4. The summed E-state index contributed by atoms with van der Waals surface area (Å²) in [6.07, 6.45) is -0.482. The van der Waals surface area contributed by atoms with Gasteiger partial charge in [-0.2, -0.15) is 0 Å². The van der Waals surface area contributed by atoms with Crippen LogP contribution in [0, 0.1) is 0 Å². The van der Waals surface area contributed by atoms with E-state index in [9.17, 15) is 9.18 Å². The van der Waals surface area contributed by atoms with E-state index in [0.29, 0.717) is 18.7 Å². The Hall–Kier alpha value is -1.85. The van der Waals surface area contributed by atoms with Gasteiger partial charge in [-0.25, -0.2) is 14.2 Å². The van der Waals surface area contributed by atoms with E-state index in [2.05, 4.69) is 4.98 Å². The molecule has 92 valence electrons. The Morgan fingerprint density at radius 3 is 2.94 bits per heavy atom. The van der Waals surface area contributed by atoms with Crippen molar-refractivity contribution in [3.63, 3.8) is 0 Å². The molecule has 0 unspecified atom stereocenters. The average molecular weight is 240 g/mol. The van der Waals surface area contributed by atoms with E-state index in [0.717, 1.165) is 0 Å². The first-order valence-corrected chi connectivity index (χ1v) is 5.29. The Balaban J connectivity index is 2.35. The molecule has 2 heterocycles. The van der Waals surface area contributed by atoms with Crippen molar-refractivity contribution < 1.29 is 19.0 Å². The van der Waals surface area contributed by atoms with Gasteiger partial charge in [-0.15, -0.1) is 0 Å². The zero-order valence-corrected chi connectivity index (χ0v) is 9.39. The lowest BCUT2D eigenvalue weighted by Gasteiger charge is -2.19. The third-order valence-corrected chi connectivity index (χ3v) is 2.73. The summed E-state index contributed by atoms with van der Waals surface area (Å²) in [5.41, 5.74) is 0.344. The molecule has 0 radical (unpaired) electrons. The van der Waals surface area contributed by atoms with Crippen molar-refractivity contribution in [3.8, 4) is 5.88 Å². The summed E-state index contributed by atoms with van der Waals surface area (Å²) >= 11 is 0. The molecule has 1 N–H and O–H groups in total. The minimum atomic E-state index is -1.14. The highest BCUT2D eigenvalue weighted by molar-refractivity contribution is 5.92. The number of ether oxygens (including phenoxy) is 1. The third-order valence-electron chi connectivity index (χ3n) is 2.73. The Labute approximate surface area is 97.8 Å². The van der Waals surface area contributed by atoms with Crippen molar-refractivity contribution >= 4 is 11.7 Å². The predicted octanol–water partition coefficient (Wildman–Crippen LogP) is 1.34. The highest BCUT2D eigenvalue weighted by atomic mass is 19.1. The van der Waals surface area contributed by atoms with Crippen LogP contribution in [0.5, 0.6) is 5.88 Å². The van der Waals surface area contributed by atoms with Crippen LogP contribution < -0.4 is 9.64 Å². The number of anilines is 1. The highest BCUT2D eigenvalue weighted by Gasteiger charge is 2.26. The molecular weight excluding hydrogens is 227 g/mol. The number of carboxylic acid groups (broad SMARTS) is 1. The van der Waals surface area contributed by atoms with Crippen LogP contribution in [0.4, 0.5) is 10.1 Å². The first-order chi connectivity index (χ1) is 8.11. The number of carboxylic acids is 1. The van der Waals surface area contributed by atoms with Gasteiger partial charge in [-0.05, 0) is 12.5 Å². The van der Waals surface area contributed by atoms with Gasteiger partial charge in [0.05, 0.1) is 12.8 Å². The largest absolute Gasteiger partial charge is 0.481 e. The lowest BCUT2D eigenvalue weighted by Crippen LogP contribution is -2.23. The van der Waals surface area contributed by atoms with Crippen LogP contribution >= 0.6 is 0 Å². The van der Waals surface area contributed by atoms with Crippen molar-refractivity contribution in [1.29, 1.82) is 0 Å². The molecule has 1 fully saturated rings. The molecule has 0 aliphatic carbocycles. The molecule has 17 heavy (non-hydrogen) atoms. The first-order valence-electron chi connectivity index (χ1n) is 5.29. The maximum absolute atomic E-state index is 13.1. The molecule has 1 saturated heterocycles. The molecule has 0 aromatic carbocycles. The van der Waals surface area contributed by atoms with E-state index in [-0.39, 0.29) is 18.1 Å². The van der Waals surface area contributed by atoms with E-state index < -0.39 is 12.1 Å². The van der Waals surface area contributed by atoms with Crippen LogP contribution in [0.1, 0.15) is 16.9 Å². The molecule has 0 spiro atoms. The maximum Gasteiger partial charge on any atom is 0.356 e. The van der Waals surface area contributed by atoms with E-state index in [4.69, 9.17) is 9.84 Å². The van der Waals surface area contributed by atoms with Gasteiger partial charge >= 0.3 is 5.97 Å². The van der Waals surface area contributed by atoms with Gasteiger partial charge in [0.25, 0.3) is 0 Å². The number of aromatic nitrogens is 1. The fraction of sp³-hybridized carbons (Fsp3) is 0.455. The van der Waals surface area contributed by atoms with Crippen molar-refractivity contribution in [2.75, 3.05) is 25.1 Å². The zero-order valence-electron chi connectivity index (χ0n) is 9.39. The van der Waals surface area contributed by atoms with Gasteiger partial charge in [0.1, 0.15) is 6.17 Å². The van der Waals surface area contributed by atoms with Crippen LogP contribution in [-0.4, -0.2) is 42.4 Å². The maximum atomic E-state index is 13.1. The van der Waals surface area contributed by atoms with Gasteiger partial charge in [0, 0.05) is 19.2 Å².